The van der Waals surface area contributed by atoms with Gasteiger partial charge in [0.15, 0.2) is 0 Å². The van der Waals surface area contributed by atoms with E-state index in [4.69, 9.17) is 4.98 Å². The Balaban J connectivity index is 1.45. The Morgan fingerprint density at radius 3 is 2.43 bits per heavy atom. The highest BCUT2D eigenvalue weighted by Crippen LogP contribution is 2.30. The summed E-state index contributed by atoms with van der Waals surface area (Å²) in [6, 6.07) is 24.2. The van der Waals surface area contributed by atoms with Gasteiger partial charge in [0.2, 0.25) is 0 Å². The van der Waals surface area contributed by atoms with Gasteiger partial charge in [-0.25, -0.2) is 9.97 Å². The zero-order valence-electron chi connectivity index (χ0n) is 20.3. The van der Waals surface area contributed by atoms with Crippen molar-refractivity contribution in [2.45, 2.75) is 6.92 Å². The number of anilines is 2. The minimum atomic E-state index is -0.192. The third-order valence-electron chi connectivity index (χ3n) is 6.70. The number of fused-ring (bicyclic) bond motifs is 2. The molecule has 0 atom stereocenters. The first-order valence-corrected chi connectivity index (χ1v) is 13.0. The Morgan fingerprint density at radius 2 is 1.68 bits per heavy atom. The number of nitrogens with zero attached hydrogens (tertiary/aromatic N) is 6. The molecule has 0 N–H and O–H groups in total. The molecule has 1 saturated heterocycles. The summed E-state index contributed by atoms with van der Waals surface area (Å²) in [5, 5.41) is 10.7. The van der Waals surface area contributed by atoms with Gasteiger partial charge in [-0.05, 0) is 48.9 Å². The molecule has 37 heavy (non-hydrogen) atoms. The summed E-state index contributed by atoms with van der Waals surface area (Å²) in [6.07, 6.45) is 3.40. The summed E-state index contributed by atoms with van der Waals surface area (Å²) in [6.45, 7) is 5.01. The van der Waals surface area contributed by atoms with Crippen LogP contribution in [0.1, 0.15) is 16.1 Å². The number of aromatic nitrogens is 3. The minimum absolute atomic E-state index is 0.192. The van der Waals surface area contributed by atoms with Gasteiger partial charge in [-0.2, -0.15) is 5.26 Å². The molecule has 0 amide bonds. The third-order valence-corrected chi connectivity index (χ3v) is 7.77. The van der Waals surface area contributed by atoms with E-state index in [0.29, 0.717) is 40.7 Å². The molecule has 8 heteroatoms. The molecule has 6 rings (SSSR count). The van der Waals surface area contributed by atoms with Crippen LogP contribution in [0.15, 0.2) is 77.7 Å². The van der Waals surface area contributed by atoms with Gasteiger partial charge >= 0.3 is 0 Å². The normalized spacial score (nSPS) is 14.3. The fourth-order valence-corrected chi connectivity index (χ4v) is 5.69. The second-order valence-electron chi connectivity index (χ2n) is 9.01. The lowest BCUT2D eigenvalue weighted by Gasteiger charge is -2.37. The highest BCUT2D eigenvalue weighted by atomic mass is 32.1. The maximum atomic E-state index is 13.8. The second kappa shape index (κ2) is 9.52. The van der Waals surface area contributed by atoms with Crippen LogP contribution in [0, 0.1) is 18.3 Å². The van der Waals surface area contributed by atoms with E-state index in [1.54, 1.807) is 16.7 Å². The van der Waals surface area contributed by atoms with Crippen LogP contribution >= 0.6 is 11.3 Å². The topological polar surface area (TPSA) is 77.5 Å². The first-order chi connectivity index (χ1) is 18.1. The van der Waals surface area contributed by atoms with Crippen molar-refractivity contribution >= 4 is 50.4 Å². The molecule has 0 spiro atoms. The third kappa shape index (κ3) is 4.24. The Kier molecular flexibility index (Phi) is 5.91. The molecule has 1 aliphatic heterocycles. The van der Waals surface area contributed by atoms with Crippen LogP contribution < -0.4 is 15.4 Å². The van der Waals surface area contributed by atoms with E-state index in [0.717, 1.165) is 28.9 Å². The Bertz CT molecular complexity index is 1710. The number of aryl methyl sites for hydroxylation is 1. The lowest BCUT2D eigenvalue weighted by Crippen LogP contribution is -2.47. The molecule has 0 aliphatic carbocycles. The summed E-state index contributed by atoms with van der Waals surface area (Å²) in [4.78, 5) is 27.9. The Hall–Kier alpha value is -4.48. The largest absolute Gasteiger partial charge is 0.368 e. The maximum Gasteiger partial charge on any atom is 0.267 e. The summed E-state index contributed by atoms with van der Waals surface area (Å²) in [5.41, 5.74) is 4.15. The van der Waals surface area contributed by atoms with E-state index in [1.165, 1.54) is 17.0 Å². The van der Waals surface area contributed by atoms with Crippen LogP contribution in [0.25, 0.3) is 27.5 Å². The molecule has 7 nitrogen and oxygen atoms in total. The van der Waals surface area contributed by atoms with Crippen molar-refractivity contribution in [2.24, 2.45) is 0 Å². The molecule has 182 valence electrons. The number of rotatable bonds is 4. The van der Waals surface area contributed by atoms with Crippen LogP contribution in [0.5, 0.6) is 0 Å². The van der Waals surface area contributed by atoms with Gasteiger partial charge < -0.3 is 9.80 Å². The van der Waals surface area contributed by atoms with E-state index >= 15 is 0 Å². The minimum Gasteiger partial charge on any atom is -0.368 e. The zero-order chi connectivity index (χ0) is 25.4. The van der Waals surface area contributed by atoms with E-state index in [2.05, 4.69) is 33.0 Å². The number of thiazole rings is 1. The molecule has 0 radical (unpaired) electrons. The fourth-order valence-electron chi connectivity index (χ4n) is 4.76. The smallest absolute Gasteiger partial charge is 0.267 e. The van der Waals surface area contributed by atoms with Crippen molar-refractivity contribution in [2.75, 3.05) is 36.0 Å². The number of nitriles is 1. The number of hydrogen-bond donors (Lipinski definition) is 0. The van der Waals surface area contributed by atoms with Crippen molar-refractivity contribution in [3.8, 4) is 6.07 Å². The fraction of sp³-hybridized carbons (Fsp3) is 0.172. The van der Waals surface area contributed by atoms with E-state index in [-0.39, 0.29) is 5.56 Å². The van der Waals surface area contributed by atoms with Crippen molar-refractivity contribution in [3.63, 3.8) is 0 Å². The van der Waals surface area contributed by atoms with Gasteiger partial charge in [0.1, 0.15) is 22.5 Å². The van der Waals surface area contributed by atoms with Crippen LogP contribution in [0.2, 0.25) is 0 Å². The summed E-state index contributed by atoms with van der Waals surface area (Å²) in [7, 11) is 0. The lowest BCUT2D eigenvalue weighted by molar-refractivity contribution is 0.646. The number of allylic oxidation sites excluding steroid dienone is 1. The van der Waals surface area contributed by atoms with Gasteiger partial charge in [-0.15, -0.1) is 11.3 Å². The second-order valence-corrected chi connectivity index (χ2v) is 10.0. The average molecular weight is 505 g/mol. The lowest BCUT2D eigenvalue weighted by atomic mass is 10.1. The zero-order valence-corrected chi connectivity index (χ0v) is 21.2. The van der Waals surface area contributed by atoms with Crippen molar-refractivity contribution < 1.29 is 0 Å². The van der Waals surface area contributed by atoms with E-state index < -0.39 is 0 Å². The van der Waals surface area contributed by atoms with Crippen molar-refractivity contribution in [3.05, 3.63) is 99.4 Å². The SMILES string of the molecule is Cc1cccn2c(=O)c(C=C(C#N)c3nc4ccccc4s3)c(N3CCN(c4ccccc4)CC3)nc12. The van der Waals surface area contributed by atoms with Crippen LogP contribution in [0.4, 0.5) is 11.5 Å². The van der Waals surface area contributed by atoms with Crippen LogP contribution in [-0.4, -0.2) is 40.5 Å². The molecule has 2 aromatic carbocycles. The molecule has 0 saturated carbocycles. The number of benzene rings is 2. The number of pyridine rings is 1. The van der Waals surface area contributed by atoms with Gasteiger partial charge in [0, 0.05) is 38.1 Å². The molecule has 5 aromatic rings. The average Bonchev–Trinajstić information content (AvgIpc) is 3.38. The predicted octanol–water partition coefficient (Wildman–Crippen LogP) is 5.00. The van der Waals surface area contributed by atoms with Gasteiger partial charge in [0.25, 0.3) is 5.56 Å². The highest BCUT2D eigenvalue weighted by Gasteiger charge is 2.24. The quantitative estimate of drug-likeness (QED) is 0.321. The van der Waals surface area contributed by atoms with Gasteiger partial charge in [0.05, 0.1) is 21.4 Å². The predicted molar refractivity (Wildman–Crippen MR) is 150 cm³/mol. The Morgan fingerprint density at radius 1 is 0.946 bits per heavy atom. The number of para-hydroxylation sites is 2. The van der Waals surface area contributed by atoms with Crippen LogP contribution in [-0.2, 0) is 0 Å². The van der Waals surface area contributed by atoms with E-state index in [1.807, 2.05) is 61.5 Å². The molecule has 1 fully saturated rings. The van der Waals surface area contributed by atoms with E-state index in [9.17, 15) is 10.1 Å². The summed E-state index contributed by atoms with van der Waals surface area (Å²) >= 11 is 1.45. The summed E-state index contributed by atoms with van der Waals surface area (Å²) in [5.74, 6) is 0.612. The molecule has 3 aromatic heterocycles. The van der Waals surface area contributed by atoms with Crippen LogP contribution in [0.3, 0.4) is 0 Å². The standard InChI is InChI=1S/C29H24N6OS/c1-20-8-7-13-35-26(20)32-27(34-16-14-33(15-17-34)22-9-3-2-4-10-22)23(29(35)36)18-21(19-30)28-31-24-11-5-6-12-25(24)37-28/h2-13,18H,14-17H2,1H3. The molecular weight excluding hydrogens is 480 g/mol. The Labute approximate surface area is 218 Å². The van der Waals surface area contributed by atoms with Crippen molar-refractivity contribution in [1.82, 2.24) is 14.4 Å². The first kappa shape index (κ1) is 23.0. The molecule has 1 aliphatic rings. The monoisotopic (exact) mass is 504 g/mol. The highest BCUT2D eigenvalue weighted by molar-refractivity contribution is 7.19. The maximum absolute atomic E-state index is 13.8. The summed E-state index contributed by atoms with van der Waals surface area (Å²) < 4.78 is 2.57. The molecule has 0 unspecified atom stereocenters. The van der Waals surface area contributed by atoms with Gasteiger partial charge in [-0.3, -0.25) is 9.20 Å². The molecule has 0 bridgehead atoms. The molecular formula is C29H24N6OS. The number of hydrogen-bond acceptors (Lipinski definition) is 7. The number of piperazine rings is 1. The van der Waals surface area contributed by atoms with Crippen molar-refractivity contribution in [1.29, 1.82) is 5.26 Å². The first-order valence-electron chi connectivity index (χ1n) is 12.2. The molecule has 4 heterocycles. The van der Waals surface area contributed by atoms with Gasteiger partial charge in [-0.1, -0.05) is 36.4 Å².